The van der Waals surface area contributed by atoms with Crippen LogP contribution in [0.25, 0.3) is 16.8 Å². The first kappa shape index (κ1) is 23.5. The van der Waals surface area contributed by atoms with Gasteiger partial charge >= 0.3 is 6.18 Å². The number of alkyl halides is 3. The van der Waals surface area contributed by atoms with E-state index in [1.54, 1.807) is 50.6 Å². The van der Waals surface area contributed by atoms with Crippen molar-refractivity contribution < 1.29 is 27.4 Å². The normalized spacial score (nSPS) is 11.4. The third-order valence-electron chi connectivity index (χ3n) is 5.11. The van der Waals surface area contributed by atoms with Crippen LogP contribution >= 0.6 is 11.6 Å². The molecular formula is C25H20ClF3N2O3. The standard InChI is InChI=1S/C25H20ClF3N2O3/c1-32-22-12-9-17(13-23(22)33-2)16-7-10-19(11-8-16)34-15-18-14-24(25(27,28)29)30-31(18)21-6-4-3-5-20(21)26/h3-14H,15H2,1-2H3. The Kier molecular flexibility index (Phi) is 6.70. The van der Waals surface area contributed by atoms with Crippen molar-refractivity contribution in [2.24, 2.45) is 0 Å². The Balaban J connectivity index is 1.56. The summed E-state index contributed by atoms with van der Waals surface area (Å²) in [5, 5.41) is 3.99. The highest BCUT2D eigenvalue weighted by Crippen LogP contribution is 2.34. The number of aromatic nitrogens is 2. The molecule has 9 heteroatoms. The molecule has 0 bridgehead atoms. The summed E-state index contributed by atoms with van der Waals surface area (Å²) in [5.41, 5.74) is 1.35. The van der Waals surface area contributed by atoms with E-state index in [-0.39, 0.29) is 17.3 Å². The third-order valence-corrected chi connectivity index (χ3v) is 5.43. The Morgan fingerprint density at radius 2 is 1.53 bits per heavy atom. The Hall–Kier alpha value is -3.65. The van der Waals surface area contributed by atoms with Gasteiger partial charge in [-0.05, 0) is 53.6 Å². The lowest BCUT2D eigenvalue weighted by Crippen LogP contribution is -2.08. The average Bonchev–Trinajstić information content (AvgIpc) is 3.27. The van der Waals surface area contributed by atoms with Crippen molar-refractivity contribution in [1.82, 2.24) is 9.78 Å². The molecule has 0 aliphatic heterocycles. The highest BCUT2D eigenvalue weighted by Gasteiger charge is 2.35. The minimum atomic E-state index is -4.59. The van der Waals surface area contributed by atoms with Crippen molar-refractivity contribution >= 4 is 11.6 Å². The number of halogens is 4. The van der Waals surface area contributed by atoms with E-state index in [1.807, 2.05) is 30.3 Å². The van der Waals surface area contributed by atoms with E-state index in [0.29, 0.717) is 22.9 Å². The zero-order chi connectivity index (χ0) is 24.3. The van der Waals surface area contributed by atoms with E-state index in [0.717, 1.165) is 21.9 Å². The van der Waals surface area contributed by atoms with Crippen molar-refractivity contribution in [2.75, 3.05) is 14.2 Å². The summed E-state index contributed by atoms with van der Waals surface area (Å²) in [6.07, 6.45) is -4.59. The van der Waals surface area contributed by atoms with E-state index in [2.05, 4.69) is 5.10 Å². The van der Waals surface area contributed by atoms with Gasteiger partial charge in [-0.1, -0.05) is 41.9 Å². The van der Waals surface area contributed by atoms with E-state index >= 15 is 0 Å². The lowest BCUT2D eigenvalue weighted by atomic mass is 10.1. The second-order valence-corrected chi connectivity index (χ2v) is 7.67. The van der Waals surface area contributed by atoms with Crippen molar-refractivity contribution in [2.45, 2.75) is 12.8 Å². The maximum absolute atomic E-state index is 13.3. The fraction of sp³-hybridized carbons (Fsp3) is 0.160. The van der Waals surface area contributed by atoms with Crippen molar-refractivity contribution in [1.29, 1.82) is 0 Å². The molecule has 176 valence electrons. The van der Waals surface area contributed by atoms with E-state index in [9.17, 15) is 13.2 Å². The molecule has 4 rings (SSSR count). The van der Waals surface area contributed by atoms with Crippen LogP contribution in [0.5, 0.6) is 17.2 Å². The highest BCUT2D eigenvalue weighted by molar-refractivity contribution is 6.32. The van der Waals surface area contributed by atoms with E-state index in [1.165, 1.54) is 0 Å². The number of hydrogen-bond donors (Lipinski definition) is 0. The minimum absolute atomic E-state index is 0.135. The second kappa shape index (κ2) is 9.69. The molecule has 0 radical (unpaired) electrons. The maximum atomic E-state index is 13.3. The Labute approximate surface area is 199 Å². The molecule has 0 saturated carbocycles. The molecule has 1 aromatic heterocycles. The van der Waals surface area contributed by atoms with Gasteiger partial charge in [-0.25, -0.2) is 4.68 Å². The van der Waals surface area contributed by atoms with Crippen LogP contribution in [-0.4, -0.2) is 24.0 Å². The zero-order valence-electron chi connectivity index (χ0n) is 18.3. The summed E-state index contributed by atoms with van der Waals surface area (Å²) in [5.74, 6) is 1.72. The van der Waals surface area contributed by atoms with Crippen LogP contribution in [-0.2, 0) is 12.8 Å². The number of ether oxygens (including phenoxy) is 3. The largest absolute Gasteiger partial charge is 0.493 e. The quantitative estimate of drug-likeness (QED) is 0.287. The zero-order valence-corrected chi connectivity index (χ0v) is 19.0. The molecule has 0 atom stereocenters. The van der Waals surface area contributed by atoms with Crippen molar-refractivity contribution in [3.8, 4) is 34.1 Å². The van der Waals surface area contributed by atoms with Gasteiger partial charge in [0.2, 0.25) is 0 Å². The van der Waals surface area contributed by atoms with Gasteiger partial charge in [0.15, 0.2) is 17.2 Å². The number of nitrogens with zero attached hydrogens (tertiary/aromatic N) is 2. The van der Waals surface area contributed by atoms with Gasteiger partial charge in [-0.3, -0.25) is 0 Å². The first-order valence-corrected chi connectivity index (χ1v) is 10.5. The van der Waals surface area contributed by atoms with Gasteiger partial charge in [0.05, 0.1) is 30.6 Å². The second-order valence-electron chi connectivity index (χ2n) is 7.26. The Morgan fingerprint density at radius 3 is 2.18 bits per heavy atom. The molecule has 0 spiro atoms. The van der Waals surface area contributed by atoms with Crippen molar-refractivity contribution in [3.05, 3.63) is 89.2 Å². The molecule has 0 aliphatic carbocycles. The summed E-state index contributed by atoms with van der Waals surface area (Å²) in [6, 6.07) is 20.3. The molecule has 4 aromatic rings. The van der Waals surface area contributed by atoms with Crippen LogP contribution in [0.15, 0.2) is 72.8 Å². The highest BCUT2D eigenvalue weighted by atomic mass is 35.5. The average molecular weight is 489 g/mol. The molecule has 0 fully saturated rings. The summed E-state index contributed by atoms with van der Waals surface area (Å²) in [6.45, 7) is -0.135. The number of methoxy groups -OCH3 is 2. The monoisotopic (exact) mass is 488 g/mol. The van der Waals surface area contributed by atoms with E-state index in [4.69, 9.17) is 25.8 Å². The van der Waals surface area contributed by atoms with Gasteiger partial charge in [0, 0.05) is 0 Å². The van der Waals surface area contributed by atoms with Gasteiger partial charge < -0.3 is 14.2 Å². The van der Waals surface area contributed by atoms with Crippen LogP contribution in [0.1, 0.15) is 11.4 Å². The summed E-state index contributed by atoms with van der Waals surface area (Å²) in [4.78, 5) is 0. The van der Waals surface area contributed by atoms with Crippen LogP contribution in [0.3, 0.4) is 0 Å². The van der Waals surface area contributed by atoms with Gasteiger partial charge in [-0.2, -0.15) is 18.3 Å². The summed E-state index contributed by atoms with van der Waals surface area (Å²) < 4.78 is 57.4. The van der Waals surface area contributed by atoms with Crippen molar-refractivity contribution in [3.63, 3.8) is 0 Å². The minimum Gasteiger partial charge on any atom is -0.493 e. The van der Waals surface area contributed by atoms with Crippen LogP contribution in [0.2, 0.25) is 5.02 Å². The first-order valence-electron chi connectivity index (χ1n) is 10.2. The molecule has 3 aromatic carbocycles. The SMILES string of the molecule is COc1ccc(-c2ccc(OCc3cc(C(F)(F)F)nn3-c3ccccc3Cl)cc2)cc1OC. The third kappa shape index (κ3) is 4.97. The first-order chi connectivity index (χ1) is 16.3. The number of rotatable bonds is 7. The molecule has 1 heterocycles. The molecule has 34 heavy (non-hydrogen) atoms. The number of benzene rings is 3. The van der Waals surface area contributed by atoms with Gasteiger partial charge in [-0.15, -0.1) is 0 Å². The Bertz CT molecular complexity index is 1290. The van der Waals surface area contributed by atoms with E-state index < -0.39 is 11.9 Å². The van der Waals surface area contributed by atoms with Gasteiger partial charge in [0.25, 0.3) is 0 Å². The van der Waals surface area contributed by atoms with Crippen LogP contribution < -0.4 is 14.2 Å². The fourth-order valence-corrected chi connectivity index (χ4v) is 3.63. The predicted molar refractivity (Wildman–Crippen MR) is 123 cm³/mol. The summed E-state index contributed by atoms with van der Waals surface area (Å²) >= 11 is 6.19. The van der Waals surface area contributed by atoms with Crippen LogP contribution in [0.4, 0.5) is 13.2 Å². The molecular weight excluding hydrogens is 469 g/mol. The molecule has 5 nitrogen and oxygen atoms in total. The lowest BCUT2D eigenvalue weighted by molar-refractivity contribution is -0.141. The fourth-order valence-electron chi connectivity index (χ4n) is 3.41. The van der Waals surface area contributed by atoms with Gasteiger partial charge in [0.1, 0.15) is 12.4 Å². The lowest BCUT2D eigenvalue weighted by Gasteiger charge is -2.12. The molecule has 0 saturated heterocycles. The number of hydrogen-bond acceptors (Lipinski definition) is 4. The molecule has 0 N–H and O–H groups in total. The molecule has 0 amide bonds. The maximum Gasteiger partial charge on any atom is 0.435 e. The molecule has 0 unspecified atom stereocenters. The smallest absolute Gasteiger partial charge is 0.435 e. The predicted octanol–water partition coefficient (Wildman–Crippen LogP) is 6.81. The summed E-state index contributed by atoms with van der Waals surface area (Å²) in [7, 11) is 3.13. The number of para-hydroxylation sites is 1. The molecule has 0 aliphatic rings. The van der Waals surface area contributed by atoms with Crippen LogP contribution in [0, 0.1) is 0 Å². The topological polar surface area (TPSA) is 45.5 Å². The Morgan fingerprint density at radius 1 is 0.853 bits per heavy atom.